The summed E-state index contributed by atoms with van der Waals surface area (Å²) >= 11 is 0. The normalized spacial score (nSPS) is 23.1. The van der Waals surface area contributed by atoms with Crippen molar-refractivity contribution in [3.63, 3.8) is 0 Å². The highest BCUT2D eigenvalue weighted by Gasteiger charge is 2.34. The van der Waals surface area contributed by atoms with Crippen LogP contribution in [-0.4, -0.2) is 33.4 Å². The summed E-state index contributed by atoms with van der Waals surface area (Å²) in [5.41, 5.74) is 9.22. The first-order chi connectivity index (χ1) is 11.7. The van der Waals surface area contributed by atoms with Crippen LogP contribution in [0.25, 0.3) is 0 Å². The molecule has 1 aromatic heterocycles. The lowest BCUT2D eigenvalue weighted by atomic mass is 10.0. The summed E-state index contributed by atoms with van der Waals surface area (Å²) in [6, 6.07) is 6.08. The average Bonchev–Trinajstić information content (AvgIpc) is 3.11. The zero-order chi connectivity index (χ0) is 16.5. The number of hydrogen-bond donors (Lipinski definition) is 2. The number of benzene rings is 1. The first kappa shape index (κ1) is 15.2. The third-order valence-corrected chi connectivity index (χ3v) is 4.65. The minimum Gasteiger partial charge on any atom is -0.336 e. The number of fused-ring (bicyclic) bond motifs is 1. The highest BCUT2D eigenvalue weighted by atomic mass is 19.1. The van der Waals surface area contributed by atoms with Gasteiger partial charge in [0.05, 0.1) is 5.69 Å². The minimum atomic E-state index is -0.286. The van der Waals surface area contributed by atoms with Crippen LogP contribution in [0, 0.1) is 5.82 Å². The van der Waals surface area contributed by atoms with Gasteiger partial charge in [-0.2, -0.15) is 0 Å². The molecule has 2 aliphatic rings. The van der Waals surface area contributed by atoms with Crippen molar-refractivity contribution < 1.29 is 9.18 Å². The van der Waals surface area contributed by atoms with Crippen molar-refractivity contribution in [1.29, 1.82) is 0 Å². The molecule has 2 unspecified atom stereocenters. The molecule has 1 aromatic carbocycles. The van der Waals surface area contributed by atoms with Crippen LogP contribution >= 0.6 is 0 Å². The third kappa shape index (κ3) is 2.88. The first-order valence-corrected chi connectivity index (χ1v) is 8.04. The van der Waals surface area contributed by atoms with E-state index in [1.54, 1.807) is 24.7 Å². The third-order valence-electron chi connectivity index (χ3n) is 4.65. The molecule has 0 spiro atoms. The summed E-state index contributed by atoms with van der Waals surface area (Å²) in [5, 5.41) is 0. The Kier molecular flexibility index (Phi) is 3.95. The Balaban J connectivity index is 1.42. The SMILES string of the molecule is O=C(C1CC(c2ccc(F)cc2)NN1)N1CCc2ncncc2C1. The number of hydrazine groups is 1. The number of halogens is 1. The summed E-state index contributed by atoms with van der Waals surface area (Å²) in [6.07, 6.45) is 4.72. The lowest BCUT2D eigenvalue weighted by Gasteiger charge is -2.29. The highest BCUT2D eigenvalue weighted by Crippen LogP contribution is 2.25. The zero-order valence-electron chi connectivity index (χ0n) is 13.1. The van der Waals surface area contributed by atoms with Gasteiger partial charge in [0.25, 0.3) is 0 Å². The van der Waals surface area contributed by atoms with Gasteiger partial charge in [0.15, 0.2) is 0 Å². The second-order valence-corrected chi connectivity index (χ2v) is 6.19. The van der Waals surface area contributed by atoms with E-state index in [2.05, 4.69) is 20.8 Å². The maximum absolute atomic E-state index is 13.0. The number of rotatable bonds is 2. The molecule has 3 heterocycles. The van der Waals surface area contributed by atoms with Crippen molar-refractivity contribution in [2.45, 2.75) is 31.5 Å². The number of aromatic nitrogens is 2. The van der Waals surface area contributed by atoms with Crippen molar-refractivity contribution in [1.82, 2.24) is 25.7 Å². The molecule has 124 valence electrons. The largest absolute Gasteiger partial charge is 0.336 e. The van der Waals surface area contributed by atoms with E-state index < -0.39 is 0 Å². The van der Waals surface area contributed by atoms with Crippen molar-refractivity contribution in [3.05, 3.63) is 59.4 Å². The topological polar surface area (TPSA) is 70.2 Å². The van der Waals surface area contributed by atoms with E-state index >= 15 is 0 Å². The molecule has 0 aliphatic carbocycles. The standard InChI is InChI=1S/C17H18FN5O/c18-13-3-1-11(2-4-13)15-7-16(22-21-15)17(24)23-6-5-14-12(9-23)8-19-10-20-14/h1-4,8,10,15-16,21-22H,5-7,9H2. The van der Waals surface area contributed by atoms with Crippen LogP contribution in [-0.2, 0) is 17.8 Å². The van der Waals surface area contributed by atoms with Crippen molar-refractivity contribution in [2.75, 3.05) is 6.54 Å². The van der Waals surface area contributed by atoms with Crippen LogP contribution in [0.3, 0.4) is 0 Å². The molecule has 6 nitrogen and oxygen atoms in total. The van der Waals surface area contributed by atoms with Gasteiger partial charge >= 0.3 is 0 Å². The Labute approximate surface area is 139 Å². The van der Waals surface area contributed by atoms with Crippen molar-refractivity contribution in [2.24, 2.45) is 0 Å². The van der Waals surface area contributed by atoms with Crippen molar-refractivity contribution in [3.8, 4) is 0 Å². The Morgan fingerprint density at radius 1 is 1.25 bits per heavy atom. The molecular weight excluding hydrogens is 309 g/mol. The summed E-state index contributed by atoms with van der Waals surface area (Å²) in [7, 11) is 0. The molecule has 0 bridgehead atoms. The monoisotopic (exact) mass is 327 g/mol. The molecule has 2 aromatic rings. The smallest absolute Gasteiger partial charge is 0.241 e. The fourth-order valence-electron chi connectivity index (χ4n) is 3.31. The zero-order valence-corrected chi connectivity index (χ0v) is 13.1. The van der Waals surface area contributed by atoms with Gasteiger partial charge in [-0.25, -0.2) is 25.2 Å². The highest BCUT2D eigenvalue weighted by molar-refractivity contribution is 5.82. The average molecular weight is 327 g/mol. The van der Waals surface area contributed by atoms with Crippen LogP contribution in [0.1, 0.15) is 29.3 Å². The molecule has 0 radical (unpaired) electrons. The molecule has 0 saturated carbocycles. The Bertz CT molecular complexity index is 751. The van der Waals surface area contributed by atoms with E-state index in [9.17, 15) is 9.18 Å². The maximum Gasteiger partial charge on any atom is 0.241 e. The van der Waals surface area contributed by atoms with E-state index in [0.29, 0.717) is 19.5 Å². The molecule has 2 aliphatic heterocycles. The van der Waals surface area contributed by atoms with Gasteiger partial charge in [-0.15, -0.1) is 0 Å². The molecule has 1 amide bonds. The van der Waals surface area contributed by atoms with Gasteiger partial charge in [0.2, 0.25) is 5.91 Å². The number of hydrogen-bond acceptors (Lipinski definition) is 5. The van der Waals surface area contributed by atoms with Crippen LogP contribution in [0.4, 0.5) is 4.39 Å². The van der Waals surface area contributed by atoms with Gasteiger partial charge in [0.1, 0.15) is 18.2 Å². The Morgan fingerprint density at radius 3 is 2.92 bits per heavy atom. The summed E-state index contributed by atoms with van der Waals surface area (Å²) in [5.74, 6) is -0.187. The second kappa shape index (κ2) is 6.26. The second-order valence-electron chi connectivity index (χ2n) is 6.19. The van der Waals surface area contributed by atoms with E-state index in [4.69, 9.17) is 0 Å². The number of nitrogens with one attached hydrogen (secondary N) is 2. The van der Waals surface area contributed by atoms with Gasteiger partial charge < -0.3 is 4.90 Å². The molecule has 1 saturated heterocycles. The summed E-state index contributed by atoms with van der Waals surface area (Å²) < 4.78 is 13.0. The number of carbonyl (C=O) groups is 1. The van der Waals surface area contributed by atoms with E-state index in [0.717, 1.165) is 23.2 Å². The van der Waals surface area contributed by atoms with E-state index in [-0.39, 0.29) is 23.8 Å². The van der Waals surface area contributed by atoms with E-state index in [1.165, 1.54) is 12.1 Å². The van der Waals surface area contributed by atoms with Crippen molar-refractivity contribution >= 4 is 5.91 Å². The molecule has 2 atom stereocenters. The minimum absolute atomic E-state index is 0.0000369. The fraction of sp³-hybridized carbons (Fsp3) is 0.353. The van der Waals surface area contributed by atoms with Crippen LogP contribution in [0.5, 0.6) is 0 Å². The lowest BCUT2D eigenvalue weighted by Crippen LogP contribution is -2.47. The van der Waals surface area contributed by atoms with Gasteiger partial charge in [-0.05, 0) is 24.1 Å². The van der Waals surface area contributed by atoms with Gasteiger partial charge in [-0.1, -0.05) is 12.1 Å². The fourth-order valence-corrected chi connectivity index (χ4v) is 3.31. The Hall–Kier alpha value is -2.38. The number of nitrogens with zero attached hydrogens (tertiary/aromatic N) is 3. The molecule has 7 heteroatoms. The van der Waals surface area contributed by atoms with Gasteiger partial charge in [0, 0.05) is 37.3 Å². The lowest BCUT2D eigenvalue weighted by molar-refractivity contribution is -0.134. The predicted molar refractivity (Wildman–Crippen MR) is 85.0 cm³/mol. The first-order valence-electron chi connectivity index (χ1n) is 8.04. The quantitative estimate of drug-likeness (QED) is 0.865. The molecule has 2 N–H and O–H groups in total. The van der Waals surface area contributed by atoms with Crippen LogP contribution in [0.2, 0.25) is 0 Å². The number of carbonyl (C=O) groups excluding carboxylic acids is 1. The molecule has 4 rings (SSSR count). The summed E-state index contributed by atoms with van der Waals surface area (Å²) in [6.45, 7) is 1.22. The number of amides is 1. The maximum atomic E-state index is 13.0. The van der Waals surface area contributed by atoms with Gasteiger partial charge in [-0.3, -0.25) is 4.79 Å². The van der Waals surface area contributed by atoms with Crippen LogP contribution < -0.4 is 10.9 Å². The Morgan fingerprint density at radius 2 is 2.08 bits per heavy atom. The van der Waals surface area contributed by atoms with E-state index in [1.807, 2.05) is 4.90 Å². The van der Waals surface area contributed by atoms with Crippen LogP contribution in [0.15, 0.2) is 36.8 Å². The molecular formula is C17H18FN5O. The summed E-state index contributed by atoms with van der Waals surface area (Å²) in [4.78, 5) is 22.9. The molecule has 24 heavy (non-hydrogen) atoms. The molecule has 1 fully saturated rings. The predicted octanol–water partition coefficient (Wildman–Crippen LogP) is 1.11.